The standard InChI is InChI=1S/C26H51NO2/c1-4-7-9-11-13-15-17-19-22-27(24-21-25-29-26(28)6-3)23-20-18-16-14-12-10-8-5-2/h6H,3-5,7-25H2,1-2H3. The molecular weight excluding hydrogens is 358 g/mol. The molecule has 0 atom stereocenters. The molecule has 0 N–H and O–H groups in total. The first-order valence-electron chi connectivity index (χ1n) is 12.8. The van der Waals surface area contributed by atoms with Crippen molar-refractivity contribution in [1.82, 2.24) is 4.90 Å². The number of hydrogen-bond donors (Lipinski definition) is 0. The Morgan fingerprint density at radius 2 is 1.03 bits per heavy atom. The second-order valence-electron chi connectivity index (χ2n) is 8.52. The van der Waals surface area contributed by atoms with Crippen LogP contribution in [0.1, 0.15) is 123 Å². The average Bonchev–Trinajstić information content (AvgIpc) is 2.73. The minimum atomic E-state index is -0.303. The molecule has 0 fully saturated rings. The third-order valence-corrected chi connectivity index (χ3v) is 5.69. The molecule has 0 heterocycles. The van der Waals surface area contributed by atoms with Gasteiger partial charge in [-0.3, -0.25) is 0 Å². The van der Waals surface area contributed by atoms with Crippen LogP contribution in [0.15, 0.2) is 12.7 Å². The van der Waals surface area contributed by atoms with E-state index in [9.17, 15) is 4.79 Å². The Morgan fingerprint density at radius 1 is 0.655 bits per heavy atom. The minimum absolute atomic E-state index is 0.303. The van der Waals surface area contributed by atoms with Gasteiger partial charge in [0.25, 0.3) is 0 Å². The second kappa shape index (κ2) is 23.4. The predicted octanol–water partition coefficient (Wildman–Crippen LogP) is 7.69. The number of ether oxygens (including phenoxy) is 1. The molecule has 3 heteroatoms. The van der Waals surface area contributed by atoms with Gasteiger partial charge in [-0.25, -0.2) is 4.79 Å². The van der Waals surface area contributed by atoms with E-state index >= 15 is 0 Å². The van der Waals surface area contributed by atoms with Crippen LogP contribution in [-0.4, -0.2) is 37.1 Å². The van der Waals surface area contributed by atoms with Gasteiger partial charge in [0.1, 0.15) is 0 Å². The van der Waals surface area contributed by atoms with Gasteiger partial charge in [0.05, 0.1) is 6.61 Å². The minimum Gasteiger partial charge on any atom is -0.462 e. The summed E-state index contributed by atoms with van der Waals surface area (Å²) in [4.78, 5) is 13.8. The quantitative estimate of drug-likeness (QED) is 0.0984. The van der Waals surface area contributed by atoms with Crippen molar-refractivity contribution < 1.29 is 9.53 Å². The highest BCUT2D eigenvalue weighted by atomic mass is 16.5. The lowest BCUT2D eigenvalue weighted by Crippen LogP contribution is -2.28. The maximum absolute atomic E-state index is 11.2. The molecule has 0 amide bonds. The van der Waals surface area contributed by atoms with Crippen LogP contribution in [0.25, 0.3) is 0 Å². The molecule has 0 aliphatic heterocycles. The maximum atomic E-state index is 11.2. The summed E-state index contributed by atoms with van der Waals surface area (Å²) in [5, 5.41) is 0. The fraction of sp³-hybridized carbons (Fsp3) is 0.885. The zero-order chi connectivity index (χ0) is 21.4. The molecule has 0 bridgehead atoms. The zero-order valence-corrected chi connectivity index (χ0v) is 19.9. The summed E-state index contributed by atoms with van der Waals surface area (Å²) in [7, 11) is 0. The van der Waals surface area contributed by atoms with E-state index in [0.717, 1.165) is 13.0 Å². The monoisotopic (exact) mass is 409 g/mol. The van der Waals surface area contributed by atoms with Gasteiger partial charge < -0.3 is 9.64 Å². The van der Waals surface area contributed by atoms with Crippen molar-refractivity contribution in [2.45, 2.75) is 123 Å². The van der Waals surface area contributed by atoms with Crippen molar-refractivity contribution in [1.29, 1.82) is 0 Å². The van der Waals surface area contributed by atoms with E-state index in [1.165, 1.54) is 122 Å². The highest BCUT2D eigenvalue weighted by Gasteiger charge is 2.06. The van der Waals surface area contributed by atoms with Crippen LogP contribution in [0.2, 0.25) is 0 Å². The molecule has 0 aromatic heterocycles. The SMILES string of the molecule is C=CC(=O)OCCCN(CCCCCCCCCC)CCCCCCCCCC. The molecule has 29 heavy (non-hydrogen) atoms. The molecule has 0 spiro atoms. The summed E-state index contributed by atoms with van der Waals surface area (Å²) in [6.45, 7) is 11.9. The summed E-state index contributed by atoms with van der Waals surface area (Å²) in [5.41, 5.74) is 0. The first-order valence-corrected chi connectivity index (χ1v) is 12.8. The smallest absolute Gasteiger partial charge is 0.330 e. The van der Waals surface area contributed by atoms with Gasteiger partial charge in [0, 0.05) is 12.6 Å². The molecule has 0 aliphatic carbocycles. The number of nitrogens with zero attached hydrogens (tertiary/aromatic N) is 1. The second-order valence-corrected chi connectivity index (χ2v) is 8.52. The Hall–Kier alpha value is -0.830. The highest BCUT2D eigenvalue weighted by Crippen LogP contribution is 2.11. The molecule has 0 rings (SSSR count). The number of unbranched alkanes of at least 4 members (excludes halogenated alkanes) is 14. The molecule has 0 aromatic rings. The van der Waals surface area contributed by atoms with Crippen molar-refractivity contribution in [3.8, 4) is 0 Å². The van der Waals surface area contributed by atoms with Crippen LogP contribution < -0.4 is 0 Å². The van der Waals surface area contributed by atoms with Crippen LogP contribution in [0.3, 0.4) is 0 Å². The molecule has 0 radical (unpaired) electrons. The number of esters is 1. The van der Waals surface area contributed by atoms with Crippen LogP contribution in [0, 0.1) is 0 Å². The van der Waals surface area contributed by atoms with E-state index < -0.39 is 0 Å². The summed E-state index contributed by atoms with van der Waals surface area (Å²) in [6.07, 6.45) is 24.1. The summed E-state index contributed by atoms with van der Waals surface area (Å²) < 4.78 is 5.14. The van der Waals surface area contributed by atoms with Gasteiger partial charge in [0.15, 0.2) is 0 Å². The van der Waals surface area contributed by atoms with E-state index in [1.807, 2.05) is 0 Å². The highest BCUT2D eigenvalue weighted by molar-refractivity contribution is 5.81. The fourth-order valence-electron chi connectivity index (χ4n) is 3.79. The number of rotatable bonds is 23. The van der Waals surface area contributed by atoms with Gasteiger partial charge in [-0.2, -0.15) is 0 Å². The molecule has 0 aliphatic rings. The van der Waals surface area contributed by atoms with Crippen LogP contribution in [0.4, 0.5) is 0 Å². The van der Waals surface area contributed by atoms with Crippen LogP contribution in [0.5, 0.6) is 0 Å². The topological polar surface area (TPSA) is 29.5 Å². The number of carbonyl (C=O) groups excluding carboxylic acids is 1. The zero-order valence-electron chi connectivity index (χ0n) is 19.9. The molecule has 0 saturated carbocycles. The number of carbonyl (C=O) groups is 1. The lowest BCUT2D eigenvalue weighted by molar-refractivity contribution is -0.137. The molecule has 0 aromatic carbocycles. The van der Waals surface area contributed by atoms with Gasteiger partial charge in [-0.15, -0.1) is 0 Å². The first kappa shape index (κ1) is 28.2. The summed E-state index contributed by atoms with van der Waals surface area (Å²) >= 11 is 0. The lowest BCUT2D eigenvalue weighted by atomic mass is 10.1. The van der Waals surface area contributed by atoms with Gasteiger partial charge >= 0.3 is 5.97 Å². The van der Waals surface area contributed by atoms with Gasteiger partial charge in [0.2, 0.25) is 0 Å². The first-order chi connectivity index (χ1) is 14.2. The van der Waals surface area contributed by atoms with E-state index in [4.69, 9.17) is 4.74 Å². The fourth-order valence-corrected chi connectivity index (χ4v) is 3.79. The molecular formula is C26H51NO2. The number of hydrogen-bond acceptors (Lipinski definition) is 3. The van der Waals surface area contributed by atoms with E-state index in [2.05, 4.69) is 25.3 Å². The predicted molar refractivity (Wildman–Crippen MR) is 127 cm³/mol. The van der Waals surface area contributed by atoms with Crippen molar-refractivity contribution in [2.24, 2.45) is 0 Å². The Morgan fingerprint density at radius 3 is 1.45 bits per heavy atom. The Kier molecular flexibility index (Phi) is 22.8. The average molecular weight is 410 g/mol. The lowest BCUT2D eigenvalue weighted by Gasteiger charge is -2.22. The molecule has 172 valence electrons. The molecule has 3 nitrogen and oxygen atoms in total. The van der Waals surface area contributed by atoms with Crippen molar-refractivity contribution >= 4 is 5.97 Å². The van der Waals surface area contributed by atoms with E-state index in [0.29, 0.717) is 6.61 Å². The normalized spacial score (nSPS) is 11.1. The van der Waals surface area contributed by atoms with Crippen LogP contribution in [-0.2, 0) is 9.53 Å². The van der Waals surface area contributed by atoms with E-state index in [1.54, 1.807) is 0 Å². The molecule has 0 unspecified atom stereocenters. The Balaban J connectivity index is 3.87. The molecule has 0 saturated heterocycles. The van der Waals surface area contributed by atoms with Crippen LogP contribution >= 0.6 is 0 Å². The third kappa shape index (κ3) is 21.7. The maximum Gasteiger partial charge on any atom is 0.330 e. The summed E-state index contributed by atoms with van der Waals surface area (Å²) in [5.74, 6) is -0.303. The van der Waals surface area contributed by atoms with Crippen molar-refractivity contribution in [3.05, 3.63) is 12.7 Å². The van der Waals surface area contributed by atoms with Gasteiger partial charge in [-0.1, -0.05) is 110 Å². The third-order valence-electron chi connectivity index (χ3n) is 5.69. The van der Waals surface area contributed by atoms with Crippen molar-refractivity contribution in [2.75, 3.05) is 26.2 Å². The Labute approximate surface area is 182 Å². The summed E-state index contributed by atoms with van der Waals surface area (Å²) in [6, 6.07) is 0. The largest absolute Gasteiger partial charge is 0.462 e. The Bertz CT molecular complexity index is 337. The van der Waals surface area contributed by atoms with E-state index in [-0.39, 0.29) is 5.97 Å². The van der Waals surface area contributed by atoms with Gasteiger partial charge in [-0.05, 0) is 32.4 Å². The van der Waals surface area contributed by atoms with Crippen molar-refractivity contribution in [3.63, 3.8) is 0 Å².